The first-order valence-corrected chi connectivity index (χ1v) is 16.5. The van der Waals surface area contributed by atoms with Gasteiger partial charge in [-0.1, -0.05) is 12.1 Å². The number of halogens is 3. The molecule has 3 heterocycles. The largest absolute Gasteiger partial charge is 0.465 e. The number of piperidine rings is 1. The van der Waals surface area contributed by atoms with Gasteiger partial charge in [0.1, 0.15) is 23.1 Å². The molecule has 2 aromatic heterocycles. The van der Waals surface area contributed by atoms with Gasteiger partial charge in [0, 0.05) is 53.4 Å². The Balaban J connectivity index is 1.46. The van der Waals surface area contributed by atoms with E-state index in [4.69, 9.17) is 9.97 Å². The van der Waals surface area contributed by atoms with Crippen molar-refractivity contribution in [2.24, 2.45) is 5.92 Å². The Labute approximate surface area is 292 Å². The van der Waals surface area contributed by atoms with Crippen LogP contribution >= 0.6 is 0 Å². The molecule has 2 N–H and O–H groups in total. The number of pyridine rings is 1. The van der Waals surface area contributed by atoms with Crippen molar-refractivity contribution in [1.82, 2.24) is 19.4 Å². The standard InChI is InChI=1S/C38H37F3N6O4/c1-22-8-9-24(35(49)42-26-12-10-25(39)11-13-26)20-28(22)32-27-14-15-31(48)47(33-29(40)6-5-7-30(33)41)34(27)44-36(43-32)45-18-16-23(17-19-45)21-46(37(50)51)38(2,3)4/h5-15,20,23H,16-19,21H2,1-4H3,(H,42,49)(H,50,51). The Kier molecular flexibility index (Phi) is 9.56. The number of aromatic nitrogens is 3. The molecule has 5 aromatic rings. The monoisotopic (exact) mass is 698 g/mol. The van der Waals surface area contributed by atoms with Gasteiger partial charge < -0.3 is 20.2 Å². The summed E-state index contributed by atoms with van der Waals surface area (Å²) in [6.07, 6.45) is 0.255. The number of nitrogens with zero attached hydrogens (tertiary/aromatic N) is 5. The van der Waals surface area contributed by atoms with Gasteiger partial charge in [0.2, 0.25) is 5.95 Å². The molecule has 10 nitrogen and oxygen atoms in total. The fourth-order valence-corrected chi connectivity index (χ4v) is 6.34. The van der Waals surface area contributed by atoms with Crippen LogP contribution in [-0.4, -0.2) is 61.7 Å². The number of carboxylic acid groups (broad SMARTS) is 1. The highest BCUT2D eigenvalue weighted by Gasteiger charge is 2.31. The first-order chi connectivity index (χ1) is 24.2. The number of hydrogen-bond acceptors (Lipinski definition) is 6. The summed E-state index contributed by atoms with van der Waals surface area (Å²) >= 11 is 0. The van der Waals surface area contributed by atoms with Crippen molar-refractivity contribution in [3.8, 4) is 16.9 Å². The number of hydrogen-bond donors (Lipinski definition) is 2. The van der Waals surface area contributed by atoms with Crippen LogP contribution in [0.25, 0.3) is 28.0 Å². The van der Waals surface area contributed by atoms with E-state index >= 15 is 8.78 Å². The average molecular weight is 699 g/mol. The van der Waals surface area contributed by atoms with Gasteiger partial charge in [-0.25, -0.2) is 22.9 Å². The number of nitrogens with one attached hydrogen (secondary N) is 1. The summed E-state index contributed by atoms with van der Waals surface area (Å²) in [5, 5.41) is 12.9. The van der Waals surface area contributed by atoms with Crippen molar-refractivity contribution >= 4 is 34.7 Å². The Bertz CT molecular complexity index is 2170. The highest BCUT2D eigenvalue weighted by Crippen LogP contribution is 2.34. The molecule has 0 saturated carbocycles. The van der Waals surface area contributed by atoms with Crippen LogP contribution in [0, 0.1) is 30.3 Å². The number of fused-ring (bicyclic) bond motifs is 1. The van der Waals surface area contributed by atoms with Crippen molar-refractivity contribution in [2.45, 2.75) is 46.1 Å². The second kappa shape index (κ2) is 13.9. The van der Waals surface area contributed by atoms with Gasteiger partial charge in [0.05, 0.1) is 5.69 Å². The third kappa shape index (κ3) is 7.28. The summed E-state index contributed by atoms with van der Waals surface area (Å²) in [6, 6.07) is 16.4. The van der Waals surface area contributed by atoms with E-state index in [-0.39, 0.29) is 23.1 Å². The summed E-state index contributed by atoms with van der Waals surface area (Å²) < 4.78 is 44.9. The molecule has 0 bridgehead atoms. The number of amides is 2. The van der Waals surface area contributed by atoms with Gasteiger partial charge in [0.15, 0.2) is 5.65 Å². The molecule has 3 aromatic carbocycles. The van der Waals surface area contributed by atoms with Gasteiger partial charge in [-0.2, -0.15) is 4.98 Å². The summed E-state index contributed by atoms with van der Waals surface area (Å²) in [7, 11) is 0. The van der Waals surface area contributed by atoms with Crippen molar-refractivity contribution in [3.05, 3.63) is 112 Å². The summed E-state index contributed by atoms with van der Waals surface area (Å²) in [4.78, 5) is 51.7. The third-order valence-corrected chi connectivity index (χ3v) is 9.14. The molecule has 0 unspecified atom stereocenters. The zero-order valence-electron chi connectivity index (χ0n) is 28.6. The number of anilines is 2. The van der Waals surface area contributed by atoms with Crippen LogP contribution in [0.2, 0.25) is 0 Å². The molecule has 1 aliphatic heterocycles. The average Bonchev–Trinajstić information content (AvgIpc) is 3.08. The van der Waals surface area contributed by atoms with Crippen molar-refractivity contribution in [1.29, 1.82) is 0 Å². The molecule has 264 valence electrons. The number of benzene rings is 3. The molecule has 6 rings (SSSR count). The van der Waals surface area contributed by atoms with Crippen LogP contribution in [0.1, 0.15) is 49.5 Å². The van der Waals surface area contributed by atoms with Gasteiger partial charge in [-0.15, -0.1) is 0 Å². The molecule has 2 amide bonds. The molecule has 0 aliphatic carbocycles. The predicted molar refractivity (Wildman–Crippen MR) is 189 cm³/mol. The van der Waals surface area contributed by atoms with E-state index in [9.17, 15) is 23.9 Å². The quantitative estimate of drug-likeness (QED) is 0.182. The predicted octanol–water partition coefficient (Wildman–Crippen LogP) is 7.42. The highest BCUT2D eigenvalue weighted by molar-refractivity contribution is 6.05. The first-order valence-electron chi connectivity index (χ1n) is 16.5. The smallest absolute Gasteiger partial charge is 0.407 e. The van der Waals surface area contributed by atoms with E-state index < -0.39 is 46.2 Å². The number of carbonyl (C=O) groups excluding carboxylic acids is 1. The lowest BCUT2D eigenvalue weighted by molar-refractivity contribution is 0.0851. The zero-order chi connectivity index (χ0) is 36.6. The minimum absolute atomic E-state index is 0.0287. The lowest BCUT2D eigenvalue weighted by Gasteiger charge is -2.39. The third-order valence-electron chi connectivity index (χ3n) is 9.14. The zero-order valence-corrected chi connectivity index (χ0v) is 28.6. The van der Waals surface area contributed by atoms with Crippen LogP contribution in [0.15, 0.2) is 77.6 Å². The molecule has 51 heavy (non-hydrogen) atoms. The van der Waals surface area contributed by atoms with E-state index in [2.05, 4.69) is 5.32 Å². The highest BCUT2D eigenvalue weighted by atomic mass is 19.1. The van der Waals surface area contributed by atoms with E-state index in [0.717, 1.165) is 22.3 Å². The van der Waals surface area contributed by atoms with E-state index in [1.165, 1.54) is 47.4 Å². The van der Waals surface area contributed by atoms with Gasteiger partial charge in [0.25, 0.3) is 11.5 Å². The SMILES string of the molecule is Cc1ccc(C(=O)Nc2ccc(F)cc2)cc1-c1nc(N2CCC(CN(C(=O)O)C(C)(C)C)CC2)nc2c1ccc(=O)n2-c1c(F)cccc1F. The summed E-state index contributed by atoms with van der Waals surface area (Å²) in [5.41, 5.74) is 0.350. The first kappa shape index (κ1) is 35.1. The fourth-order valence-electron chi connectivity index (χ4n) is 6.34. The molecule has 0 atom stereocenters. The number of carbonyl (C=O) groups is 2. The van der Waals surface area contributed by atoms with E-state index in [1.54, 1.807) is 18.2 Å². The Morgan fingerprint density at radius 2 is 1.61 bits per heavy atom. The minimum atomic E-state index is -0.991. The van der Waals surface area contributed by atoms with Crippen molar-refractivity contribution in [3.63, 3.8) is 0 Å². The molecular weight excluding hydrogens is 661 g/mol. The normalized spacial score (nSPS) is 13.7. The van der Waals surface area contributed by atoms with Gasteiger partial charge >= 0.3 is 6.09 Å². The molecular formula is C38H37F3N6O4. The summed E-state index contributed by atoms with van der Waals surface area (Å²) in [5.74, 6) is -2.53. The van der Waals surface area contributed by atoms with Crippen LogP contribution in [-0.2, 0) is 0 Å². The van der Waals surface area contributed by atoms with Crippen LogP contribution in [0.5, 0.6) is 0 Å². The van der Waals surface area contributed by atoms with Crippen LogP contribution in [0.3, 0.4) is 0 Å². The number of rotatable bonds is 7. The van der Waals surface area contributed by atoms with Crippen LogP contribution < -0.4 is 15.8 Å². The van der Waals surface area contributed by atoms with E-state index in [0.29, 0.717) is 54.8 Å². The Hall–Kier alpha value is -5.72. The molecule has 1 aliphatic rings. The second-order valence-electron chi connectivity index (χ2n) is 13.7. The lowest BCUT2D eigenvalue weighted by atomic mass is 9.94. The fraction of sp³-hybridized carbons (Fsp3) is 0.289. The number of para-hydroxylation sites is 1. The second-order valence-corrected chi connectivity index (χ2v) is 13.7. The molecule has 13 heteroatoms. The van der Waals surface area contributed by atoms with Gasteiger partial charge in [-0.05, 0) is 107 Å². The number of aryl methyl sites for hydroxylation is 1. The van der Waals surface area contributed by atoms with Crippen LogP contribution in [0.4, 0.5) is 29.6 Å². The van der Waals surface area contributed by atoms with Crippen molar-refractivity contribution < 1.29 is 27.9 Å². The van der Waals surface area contributed by atoms with Crippen molar-refractivity contribution in [2.75, 3.05) is 29.9 Å². The topological polar surface area (TPSA) is 121 Å². The lowest BCUT2D eigenvalue weighted by Crippen LogP contribution is -2.49. The molecule has 0 radical (unpaired) electrons. The molecule has 0 spiro atoms. The maximum Gasteiger partial charge on any atom is 0.407 e. The Morgan fingerprint density at radius 1 is 0.941 bits per heavy atom. The maximum absolute atomic E-state index is 15.3. The summed E-state index contributed by atoms with van der Waals surface area (Å²) in [6.45, 7) is 8.64. The van der Waals surface area contributed by atoms with Gasteiger partial charge in [-0.3, -0.25) is 14.2 Å². The Morgan fingerprint density at radius 3 is 2.24 bits per heavy atom. The molecule has 1 saturated heterocycles. The molecule has 1 fully saturated rings. The van der Waals surface area contributed by atoms with E-state index in [1.807, 2.05) is 32.6 Å². The maximum atomic E-state index is 15.3. The minimum Gasteiger partial charge on any atom is -0.465 e.